The van der Waals surface area contributed by atoms with Gasteiger partial charge >= 0.3 is 0 Å². The maximum atomic E-state index is 5.18. The number of hydrogen-bond acceptors (Lipinski definition) is 3. The van der Waals surface area contributed by atoms with E-state index in [1.54, 1.807) is 0 Å². The minimum absolute atomic E-state index is 0.204. The number of aromatic nitrogens is 3. The van der Waals surface area contributed by atoms with E-state index in [4.69, 9.17) is 23.9 Å². The highest BCUT2D eigenvalue weighted by atomic mass is 15.4. The van der Waals surface area contributed by atoms with E-state index in [1.807, 2.05) is 0 Å². The van der Waals surface area contributed by atoms with Gasteiger partial charge < -0.3 is 4.72 Å². The number of rotatable bonds is 1. The Bertz CT molecular complexity index is 195. The molecule has 0 aromatic carbocycles. The van der Waals surface area contributed by atoms with Gasteiger partial charge in [0.05, 0.1) is 0 Å². The molecule has 0 fully saturated rings. The van der Waals surface area contributed by atoms with Gasteiger partial charge in [0.25, 0.3) is 7.98 Å². The average molecular weight is 113 g/mol. The molecule has 0 amide bonds. The van der Waals surface area contributed by atoms with Gasteiger partial charge in [-0.1, -0.05) is 0 Å². The van der Waals surface area contributed by atoms with Crippen molar-refractivity contribution in [2.24, 2.45) is 0 Å². The summed E-state index contributed by atoms with van der Waals surface area (Å²) in [7, 11) is 15.3. The molecule has 7 heteroatoms. The summed E-state index contributed by atoms with van der Waals surface area (Å²) < 4.78 is 1.76. The first-order valence-electron chi connectivity index (χ1n) is 2.16. The third-order valence-electron chi connectivity index (χ3n) is 0.785. The molecule has 0 spiro atoms. The molecule has 1 aromatic rings. The molecule has 0 atom stereocenters. The zero-order valence-electron chi connectivity index (χ0n) is 4.60. The Morgan fingerprint density at radius 3 is 2.44 bits per heavy atom. The number of anilines is 1. The Hall–Kier alpha value is -0.865. The lowest BCUT2D eigenvalue weighted by atomic mass is 10.2. The van der Waals surface area contributed by atoms with E-state index in [0.717, 1.165) is 9.31 Å². The van der Waals surface area contributed by atoms with E-state index in [-0.39, 0.29) is 5.95 Å². The van der Waals surface area contributed by atoms with Gasteiger partial charge in [-0.2, -0.15) is 5.10 Å². The van der Waals surface area contributed by atoms with Crippen LogP contribution >= 0.6 is 0 Å². The molecule has 1 aromatic heterocycles. The minimum atomic E-state index is 0.204. The van der Waals surface area contributed by atoms with E-state index >= 15 is 0 Å². The van der Waals surface area contributed by atoms with Gasteiger partial charge in [0.15, 0.2) is 5.95 Å². The minimum Gasteiger partial charge on any atom is -0.448 e. The van der Waals surface area contributed by atoms with Gasteiger partial charge in [0.2, 0.25) is 16.0 Å². The quantitative estimate of drug-likeness (QED) is 0.403. The van der Waals surface area contributed by atoms with Crippen molar-refractivity contribution >= 4 is 29.9 Å². The van der Waals surface area contributed by atoms with Crippen LogP contribution in [0.25, 0.3) is 0 Å². The van der Waals surface area contributed by atoms with E-state index in [9.17, 15) is 0 Å². The van der Waals surface area contributed by atoms with E-state index in [0.29, 0.717) is 0 Å². The molecule has 0 aliphatic heterocycles. The van der Waals surface area contributed by atoms with E-state index in [2.05, 4.69) is 10.1 Å². The SMILES string of the molecule is [B]N([B])c1ncnn1[B]. The fraction of sp³-hybridized carbons (Fsp3) is 0. The molecular formula is C2HB3N4. The lowest BCUT2D eigenvalue weighted by Crippen LogP contribution is -2.18. The van der Waals surface area contributed by atoms with Crippen LogP contribution in [0.4, 0.5) is 5.95 Å². The van der Waals surface area contributed by atoms with Crippen LogP contribution in [-0.2, 0) is 0 Å². The Balaban J connectivity index is 2.94. The molecule has 0 aliphatic rings. The zero-order valence-corrected chi connectivity index (χ0v) is 4.60. The third kappa shape index (κ3) is 1.09. The van der Waals surface area contributed by atoms with Crippen LogP contribution in [0.15, 0.2) is 6.33 Å². The summed E-state index contributed by atoms with van der Waals surface area (Å²) in [5.41, 5.74) is 0. The van der Waals surface area contributed by atoms with Gasteiger partial charge in [-0.05, 0) is 0 Å². The summed E-state index contributed by atoms with van der Waals surface area (Å²) in [6, 6.07) is 0. The molecule has 0 saturated heterocycles. The molecule has 6 radical (unpaired) electrons. The molecule has 4 nitrogen and oxygen atoms in total. The van der Waals surface area contributed by atoms with Gasteiger partial charge in [0.1, 0.15) is 6.33 Å². The van der Waals surface area contributed by atoms with E-state index < -0.39 is 0 Å². The first-order valence-corrected chi connectivity index (χ1v) is 2.16. The first kappa shape index (κ1) is 6.26. The van der Waals surface area contributed by atoms with Gasteiger partial charge in [-0.25, -0.2) is 4.98 Å². The first-order chi connectivity index (χ1) is 4.22. The summed E-state index contributed by atoms with van der Waals surface area (Å²) in [5, 5.41) is 3.52. The smallest absolute Gasteiger partial charge is 0.269 e. The molecule has 9 heavy (non-hydrogen) atoms. The number of hydrogen-bond donors (Lipinski definition) is 0. The Kier molecular flexibility index (Phi) is 1.51. The summed E-state index contributed by atoms with van der Waals surface area (Å²) in [5.74, 6) is 0.204. The molecule has 38 valence electrons. The van der Waals surface area contributed by atoms with Crippen molar-refractivity contribution in [3.05, 3.63) is 6.33 Å². The third-order valence-corrected chi connectivity index (χ3v) is 0.785. The van der Waals surface area contributed by atoms with Crippen LogP contribution < -0.4 is 4.72 Å². The molecule has 0 saturated carbocycles. The fourth-order valence-corrected chi connectivity index (χ4v) is 0.429. The monoisotopic (exact) mass is 114 g/mol. The molecular weight excluding hydrogens is 112 g/mol. The second kappa shape index (κ2) is 2.17. The normalized spacial score (nSPS) is 9.33. The lowest BCUT2D eigenvalue weighted by molar-refractivity contribution is 0.991. The molecule has 0 unspecified atom stereocenters. The van der Waals surface area contributed by atoms with Crippen LogP contribution in [0.2, 0.25) is 0 Å². The highest BCUT2D eigenvalue weighted by molar-refractivity contribution is 6.41. The standard InChI is InChI=1S/C2HB3N4/c3-8(4)2-6-1-7-9(2)5/h1H. The predicted octanol–water partition coefficient (Wildman–Crippen LogP) is -1.82. The van der Waals surface area contributed by atoms with E-state index in [1.165, 1.54) is 6.33 Å². The van der Waals surface area contributed by atoms with Crippen molar-refractivity contribution in [1.82, 2.24) is 14.7 Å². The van der Waals surface area contributed by atoms with Crippen LogP contribution in [-0.4, -0.2) is 38.6 Å². The van der Waals surface area contributed by atoms with Crippen molar-refractivity contribution in [2.45, 2.75) is 0 Å². The van der Waals surface area contributed by atoms with Crippen molar-refractivity contribution in [1.29, 1.82) is 0 Å². The largest absolute Gasteiger partial charge is 0.448 e. The lowest BCUT2D eigenvalue weighted by Gasteiger charge is -2.10. The molecule has 1 rings (SSSR count). The Labute approximate surface area is 56.5 Å². The van der Waals surface area contributed by atoms with Gasteiger partial charge in [-0.15, -0.1) is 0 Å². The highest BCUT2D eigenvalue weighted by Crippen LogP contribution is 1.98. The van der Waals surface area contributed by atoms with Crippen LogP contribution in [0.3, 0.4) is 0 Å². The average Bonchev–Trinajstić information content (AvgIpc) is 2.13. The van der Waals surface area contributed by atoms with Crippen molar-refractivity contribution in [2.75, 3.05) is 4.72 Å². The Morgan fingerprint density at radius 1 is 1.56 bits per heavy atom. The van der Waals surface area contributed by atoms with Crippen molar-refractivity contribution in [3.8, 4) is 0 Å². The molecule has 0 N–H and O–H groups in total. The topological polar surface area (TPSA) is 34.0 Å². The highest BCUT2D eigenvalue weighted by Gasteiger charge is 1.97. The second-order valence-electron chi connectivity index (χ2n) is 1.41. The summed E-state index contributed by atoms with van der Waals surface area (Å²) in [4.78, 5) is 3.62. The van der Waals surface area contributed by atoms with Gasteiger partial charge in [0, 0.05) is 0 Å². The van der Waals surface area contributed by atoms with Crippen LogP contribution in [0, 0.1) is 0 Å². The summed E-state index contributed by atoms with van der Waals surface area (Å²) in [6.07, 6.45) is 1.25. The molecule has 1 heterocycles. The molecule has 0 aliphatic carbocycles. The number of nitrogens with zero attached hydrogens (tertiary/aromatic N) is 4. The maximum Gasteiger partial charge on any atom is 0.269 e. The zero-order chi connectivity index (χ0) is 6.85. The predicted molar refractivity (Wildman–Crippen MR) is 35.2 cm³/mol. The maximum absolute atomic E-state index is 5.18. The summed E-state index contributed by atoms with van der Waals surface area (Å²) in [6.45, 7) is 0. The van der Waals surface area contributed by atoms with Crippen LogP contribution in [0.5, 0.6) is 0 Å². The van der Waals surface area contributed by atoms with Gasteiger partial charge in [-0.3, -0.25) is 4.59 Å². The van der Waals surface area contributed by atoms with Crippen LogP contribution in [0.1, 0.15) is 0 Å². The summed E-state index contributed by atoms with van der Waals surface area (Å²) >= 11 is 0. The second-order valence-corrected chi connectivity index (χ2v) is 1.41. The Morgan fingerprint density at radius 2 is 2.22 bits per heavy atom. The molecule has 0 bridgehead atoms. The van der Waals surface area contributed by atoms with Crippen molar-refractivity contribution in [3.63, 3.8) is 0 Å². The van der Waals surface area contributed by atoms with Crippen molar-refractivity contribution < 1.29 is 0 Å². The fourth-order valence-electron chi connectivity index (χ4n) is 0.429.